The van der Waals surface area contributed by atoms with Crippen LogP contribution in [0, 0.1) is 5.92 Å². The zero-order valence-corrected chi connectivity index (χ0v) is 19.2. The average molecular weight is 456 g/mol. The Morgan fingerprint density at radius 2 is 1.06 bits per heavy atom. The van der Waals surface area contributed by atoms with Crippen LogP contribution in [0.25, 0.3) is 0 Å². The zero-order valence-electron chi connectivity index (χ0n) is 19.2. The molecule has 0 spiro atoms. The van der Waals surface area contributed by atoms with E-state index in [1.165, 1.54) is 40.9 Å². The SMILES string of the molecule is CCC(C(=O)N/N=C/c1cc(OC)cc(OC)c1)C(=O)N/N=C/c1cc(OC)cc(OC)c1. The van der Waals surface area contributed by atoms with Gasteiger partial charge in [0.25, 0.3) is 11.8 Å². The number of amides is 2. The lowest BCUT2D eigenvalue weighted by molar-refractivity contribution is -0.135. The molecule has 10 nitrogen and oxygen atoms in total. The van der Waals surface area contributed by atoms with Crippen LogP contribution in [0.5, 0.6) is 23.0 Å². The maximum absolute atomic E-state index is 12.4. The number of hydrazone groups is 2. The summed E-state index contributed by atoms with van der Waals surface area (Å²) in [6.07, 6.45) is 3.13. The van der Waals surface area contributed by atoms with E-state index in [1.807, 2.05) is 0 Å². The molecule has 176 valence electrons. The van der Waals surface area contributed by atoms with Crippen molar-refractivity contribution in [2.24, 2.45) is 16.1 Å². The fourth-order valence-corrected chi connectivity index (χ4v) is 2.79. The first-order chi connectivity index (χ1) is 15.9. The summed E-state index contributed by atoms with van der Waals surface area (Å²) in [7, 11) is 6.15. The van der Waals surface area contributed by atoms with Crippen LogP contribution in [0.4, 0.5) is 0 Å². The second-order valence-electron chi connectivity index (χ2n) is 6.72. The third-order valence-corrected chi connectivity index (χ3v) is 4.57. The average Bonchev–Trinajstić information content (AvgIpc) is 2.83. The summed E-state index contributed by atoms with van der Waals surface area (Å²) in [6.45, 7) is 1.72. The van der Waals surface area contributed by atoms with E-state index < -0.39 is 17.7 Å². The molecule has 2 aromatic carbocycles. The van der Waals surface area contributed by atoms with Crippen molar-refractivity contribution in [2.75, 3.05) is 28.4 Å². The van der Waals surface area contributed by atoms with E-state index in [1.54, 1.807) is 43.3 Å². The number of methoxy groups -OCH3 is 4. The van der Waals surface area contributed by atoms with Crippen LogP contribution in [0.3, 0.4) is 0 Å². The Hall–Kier alpha value is -4.08. The van der Waals surface area contributed by atoms with Crippen LogP contribution in [-0.4, -0.2) is 52.7 Å². The van der Waals surface area contributed by atoms with Gasteiger partial charge in [-0.1, -0.05) is 6.92 Å². The Morgan fingerprint density at radius 3 is 1.33 bits per heavy atom. The van der Waals surface area contributed by atoms with E-state index in [9.17, 15) is 9.59 Å². The lowest BCUT2D eigenvalue weighted by Gasteiger charge is -2.11. The molecule has 2 aromatic rings. The van der Waals surface area contributed by atoms with Crippen LogP contribution >= 0.6 is 0 Å². The van der Waals surface area contributed by atoms with Gasteiger partial charge in [0.2, 0.25) is 0 Å². The summed E-state index contributed by atoms with van der Waals surface area (Å²) in [5.74, 6) is 0.246. The van der Waals surface area contributed by atoms with E-state index in [2.05, 4.69) is 21.1 Å². The molecule has 0 aromatic heterocycles. The molecule has 0 saturated heterocycles. The van der Waals surface area contributed by atoms with Gasteiger partial charge in [0.15, 0.2) is 0 Å². The highest BCUT2D eigenvalue weighted by atomic mass is 16.5. The monoisotopic (exact) mass is 456 g/mol. The highest BCUT2D eigenvalue weighted by Crippen LogP contribution is 2.22. The summed E-state index contributed by atoms with van der Waals surface area (Å²) in [4.78, 5) is 24.9. The molecule has 0 unspecified atom stereocenters. The Labute approximate surface area is 192 Å². The fraction of sp³-hybridized carbons (Fsp3) is 0.304. The summed E-state index contributed by atoms with van der Waals surface area (Å²) >= 11 is 0. The van der Waals surface area contributed by atoms with E-state index in [-0.39, 0.29) is 6.42 Å². The molecule has 2 rings (SSSR count). The summed E-state index contributed by atoms with van der Waals surface area (Å²) in [5, 5.41) is 7.86. The van der Waals surface area contributed by atoms with Crippen LogP contribution < -0.4 is 29.8 Å². The van der Waals surface area contributed by atoms with Crippen LogP contribution in [-0.2, 0) is 9.59 Å². The quantitative estimate of drug-likeness (QED) is 0.304. The highest BCUT2D eigenvalue weighted by molar-refractivity contribution is 6.00. The molecule has 2 amide bonds. The third-order valence-electron chi connectivity index (χ3n) is 4.57. The van der Waals surface area contributed by atoms with Gasteiger partial charge < -0.3 is 18.9 Å². The van der Waals surface area contributed by atoms with Gasteiger partial charge >= 0.3 is 0 Å². The van der Waals surface area contributed by atoms with Crippen molar-refractivity contribution in [2.45, 2.75) is 13.3 Å². The molecule has 0 fully saturated rings. The lowest BCUT2D eigenvalue weighted by atomic mass is 10.1. The van der Waals surface area contributed by atoms with E-state index in [0.29, 0.717) is 34.1 Å². The standard InChI is InChI=1S/C23H28N4O6/c1-6-21(22(28)26-24-13-15-7-17(30-2)11-18(8-15)31-3)23(29)27-25-14-16-9-19(32-4)12-20(10-16)33-5/h7-14,21H,6H2,1-5H3,(H,26,28)(H,27,29)/b24-13+,25-14+. The molecular weight excluding hydrogens is 428 g/mol. The number of nitrogens with zero attached hydrogens (tertiary/aromatic N) is 2. The number of carbonyl (C=O) groups is 2. The molecule has 33 heavy (non-hydrogen) atoms. The fourth-order valence-electron chi connectivity index (χ4n) is 2.79. The van der Waals surface area contributed by atoms with Crippen molar-refractivity contribution in [3.8, 4) is 23.0 Å². The normalized spacial score (nSPS) is 11.0. The van der Waals surface area contributed by atoms with E-state index in [0.717, 1.165) is 0 Å². The van der Waals surface area contributed by atoms with Crippen molar-refractivity contribution in [1.29, 1.82) is 0 Å². The molecule has 2 N–H and O–H groups in total. The summed E-state index contributed by atoms with van der Waals surface area (Å²) in [5.41, 5.74) is 6.07. The smallest absolute Gasteiger partial charge is 0.252 e. The topological polar surface area (TPSA) is 120 Å². The molecular formula is C23H28N4O6. The van der Waals surface area contributed by atoms with Crippen LogP contribution in [0.2, 0.25) is 0 Å². The summed E-state index contributed by atoms with van der Waals surface area (Å²) in [6, 6.07) is 10.3. The van der Waals surface area contributed by atoms with Gasteiger partial charge in [0, 0.05) is 23.3 Å². The van der Waals surface area contributed by atoms with Gasteiger partial charge in [-0.25, -0.2) is 10.9 Å². The minimum atomic E-state index is -0.973. The number of nitrogens with one attached hydrogen (secondary N) is 2. The number of ether oxygens (including phenoxy) is 4. The molecule has 0 aliphatic carbocycles. The largest absolute Gasteiger partial charge is 0.497 e. The van der Waals surface area contributed by atoms with Crippen molar-refractivity contribution in [1.82, 2.24) is 10.9 Å². The zero-order chi connectivity index (χ0) is 24.2. The predicted molar refractivity (Wildman–Crippen MR) is 124 cm³/mol. The number of carbonyl (C=O) groups excluding carboxylic acids is 2. The highest BCUT2D eigenvalue weighted by Gasteiger charge is 2.24. The molecule has 0 saturated carbocycles. The Bertz CT molecular complexity index is 898. The third kappa shape index (κ3) is 7.53. The van der Waals surface area contributed by atoms with Crippen molar-refractivity contribution in [3.63, 3.8) is 0 Å². The van der Waals surface area contributed by atoms with E-state index in [4.69, 9.17) is 18.9 Å². The predicted octanol–water partition coefficient (Wildman–Crippen LogP) is 2.35. The second-order valence-corrected chi connectivity index (χ2v) is 6.72. The number of rotatable bonds is 11. The molecule has 0 bridgehead atoms. The van der Waals surface area contributed by atoms with Gasteiger partial charge in [0.1, 0.15) is 28.9 Å². The Kier molecular flexibility index (Phi) is 9.69. The summed E-state index contributed by atoms with van der Waals surface area (Å²) < 4.78 is 20.8. The number of hydrogen-bond donors (Lipinski definition) is 2. The van der Waals surface area contributed by atoms with Crippen LogP contribution in [0.1, 0.15) is 24.5 Å². The Morgan fingerprint density at radius 1 is 0.727 bits per heavy atom. The van der Waals surface area contributed by atoms with Gasteiger partial charge in [-0.05, 0) is 30.7 Å². The van der Waals surface area contributed by atoms with Gasteiger partial charge in [-0.3, -0.25) is 9.59 Å². The maximum atomic E-state index is 12.4. The number of hydrogen-bond acceptors (Lipinski definition) is 8. The van der Waals surface area contributed by atoms with Crippen molar-refractivity contribution < 1.29 is 28.5 Å². The molecule has 0 aliphatic rings. The lowest BCUT2D eigenvalue weighted by Crippen LogP contribution is -2.37. The maximum Gasteiger partial charge on any atom is 0.252 e. The van der Waals surface area contributed by atoms with Gasteiger partial charge in [-0.2, -0.15) is 10.2 Å². The molecule has 0 heterocycles. The first-order valence-corrected chi connectivity index (χ1v) is 10.1. The molecule has 0 aliphatic heterocycles. The first-order valence-electron chi connectivity index (χ1n) is 10.1. The number of benzene rings is 2. The molecule has 0 radical (unpaired) electrons. The van der Waals surface area contributed by atoms with Crippen molar-refractivity contribution in [3.05, 3.63) is 47.5 Å². The minimum absolute atomic E-state index is 0.267. The Balaban J connectivity index is 1.99. The minimum Gasteiger partial charge on any atom is -0.497 e. The van der Waals surface area contributed by atoms with E-state index >= 15 is 0 Å². The first kappa shape index (κ1) is 25.2. The van der Waals surface area contributed by atoms with Gasteiger partial charge in [-0.15, -0.1) is 0 Å². The molecule has 10 heteroatoms. The van der Waals surface area contributed by atoms with Crippen molar-refractivity contribution >= 4 is 24.2 Å². The molecule has 0 atom stereocenters. The van der Waals surface area contributed by atoms with Crippen LogP contribution in [0.15, 0.2) is 46.6 Å². The second kappa shape index (κ2) is 12.7. The van der Waals surface area contributed by atoms with Gasteiger partial charge in [0.05, 0.1) is 40.9 Å².